The number of carbonyl (C=O) groups is 1. The molecule has 146 valence electrons. The first-order valence-electron chi connectivity index (χ1n) is 10.1. The molecule has 0 aliphatic carbocycles. The number of nitrogen functional groups attached to an aromatic ring is 1. The van der Waals surface area contributed by atoms with Gasteiger partial charge in [0.15, 0.2) is 0 Å². The van der Waals surface area contributed by atoms with Crippen molar-refractivity contribution in [3.63, 3.8) is 0 Å². The summed E-state index contributed by atoms with van der Waals surface area (Å²) in [5.41, 5.74) is 13.7. The van der Waals surface area contributed by atoms with Crippen LogP contribution < -0.4 is 21.7 Å². The number of nitrogens with two attached hydrogens (primary N) is 2. The van der Waals surface area contributed by atoms with E-state index in [1.54, 1.807) is 0 Å². The Morgan fingerprint density at radius 3 is 2.59 bits per heavy atom. The molecule has 2 aliphatic rings. The maximum atomic E-state index is 11.9. The van der Waals surface area contributed by atoms with Crippen LogP contribution in [0.1, 0.15) is 66.1 Å². The Bertz CT molecular complexity index is 819. The molecule has 6 nitrogen and oxygen atoms in total. The van der Waals surface area contributed by atoms with Crippen molar-refractivity contribution in [1.29, 1.82) is 0 Å². The van der Waals surface area contributed by atoms with E-state index in [1.165, 1.54) is 49.0 Å². The van der Waals surface area contributed by atoms with Crippen molar-refractivity contribution in [2.75, 3.05) is 36.8 Å². The maximum Gasteiger partial charge on any atom is 0.260 e. The van der Waals surface area contributed by atoms with E-state index in [0.717, 1.165) is 55.1 Å². The minimum atomic E-state index is -0.462. The molecule has 4 rings (SSSR count). The van der Waals surface area contributed by atoms with Crippen molar-refractivity contribution < 1.29 is 4.79 Å². The van der Waals surface area contributed by atoms with E-state index in [1.807, 2.05) is 0 Å². The Balaban J connectivity index is 1.81. The van der Waals surface area contributed by atoms with Gasteiger partial charge in [-0.05, 0) is 49.8 Å². The van der Waals surface area contributed by atoms with Crippen LogP contribution in [0, 0.1) is 0 Å². The summed E-state index contributed by atoms with van der Waals surface area (Å²) in [4.78, 5) is 20.5. The molecule has 2 fully saturated rings. The number of amides is 1. The molecule has 2 saturated heterocycles. The highest BCUT2D eigenvalue weighted by molar-refractivity contribution is 7.21. The predicted molar refractivity (Wildman–Crippen MR) is 113 cm³/mol. The number of nitrogens with one attached hydrogen (secondary N) is 1. The van der Waals surface area contributed by atoms with Gasteiger partial charge in [0, 0.05) is 25.0 Å². The summed E-state index contributed by atoms with van der Waals surface area (Å²) in [6, 6.07) is 2.23. The largest absolute Gasteiger partial charge is 0.397 e. The number of rotatable bonds is 3. The van der Waals surface area contributed by atoms with Crippen molar-refractivity contribution in [3.05, 3.63) is 16.5 Å². The van der Waals surface area contributed by atoms with Crippen molar-refractivity contribution in [2.45, 2.75) is 50.9 Å². The fourth-order valence-electron chi connectivity index (χ4n) is 4.40. The van der Waals surface area contributed by atoms with Crippen LogP contribution in [-0.4, -0.2) is 37.1 Å². The summed E-state index contributed by atoms with van der Waals surface area (Å²) >= 11 is 1.34. The van der Waals surface area contributed by atoms with E-state index in [0.29, 0.717) is 16.5 Å². The van der Waals surface area contributed by atoms with Gasteiger partial charge in [-0.3, -0.25) is 4.79 Å². The van der Waals surface area contributed by atoms with Gasteiger partial charge in [-0.15, -0.1) is 11.3 Å². The third-order valence-electron chi connectivity index (χ3n) is 5.86. The summed E-state index contributed by atoms with van der Waals surface area (Å²) < 4.78 is 0. The lowest BCUT2D eigenvalue weighted by Crippen LogP contribution is -2.30. The van der Waals surface area contributed by atoms with Crippen LogP contribution in [0.3, 0.4) is 0 Å². The number of carbonyl (C=O) groups excluding carboxylic acids is 1. The van der Waals surface area contributed by atoms with Crippen LogP contribution in [-0.2, 0) is 0 Å². The van der Waals surface area contributed by atoms with Crippen LogP contribution in [0.5, 0.6) is 0 Å². The maximum absolute atomic E-state index is 11.9. The number of nitrogens with zero attached hydrogens (tertiary/aromatic N) is 2. The molecular weight excluding hydrogens is 358 g/mol. The summed E-state index contributed by atoms with van der Waals surface area (Å²) in [7, 11) is 0. The number of piperidine rings is 1. The predicted octanol–water partition coefficient (Wildman–Crippen LogP) is 3.21. The lowest BCUT2D eigenvalue weighted by molar-refractivity contribution is 0.100. The summed E-state index contributed by atoms with van der Waals surface area (Å²) in [6.45, 7) is 4.10. The fourth-order valence-corrected chi connectivity index (χ4v) is 5.37. The molecule has 1 amide bonds. The lowest BCUT2D eigenvalue weighted by atomic mass is 9.89. The highest BCUT2D eigenvalue weighted by Gasteiger charge is 2.25. The van der Waals surface area contributed by atoms with Gasteiger partial charge in [0.2, 0.25) is 0 Å². The number of hydrogen-bond acceptors (Lipinski definition) is 6. The lowest BCUT2D eigenvalue weighted by Gasteiger charge is -2.28. The van der Waals surface area contributed by atoms with Crippen molar-refractivity contribution in [2.24, 2.45) is 5.73 Å². The molecule has 4 heterocycles. The molecule has 0 bridgehead atoms. The van der Waals surface area contributed by atoms with E-state index in [9.17, 15) is 4.79 Å². The highest BCUT2D eigenvalue weighted by atomic mass is 32.1. The average Bonchev–Trinajstić information content (AvgIpc) is 2.98. The number of pyridine rings is 1. The van der Waals surface area contributed by atoms with E-state index in [-0.39, 0.29) is 0 Å². The molecule has 0 radical (unpaired) electrons. The monoisotopic (exact) mass is 387 g/mol. The molecular formula is C20H29N5OS. The number of primary amides is 1. The Hall–Kier alpha value is -1.86. The zero-order chi connectivity index (χ0) is 18.8. The Morgan fingerprint density at radius 2 is 1.93 bits per heavy atom. The van der Waals surface area contributed by atoms with Crippen molar-refractivity contribution in [3.8, 4) is 0 Å². The minimum Gasteiger partial charge on any atom is -0.397 e. The first-order chi connectivity index (χ1) is 13.1. The number of hydrogen-bond donors (Lipinski definition) is 3. The third kappa shape index (κ3) is 3.75. The molecule has 1 atom stereocenters. The standard InChI is InChI=1S/C20H29N5OS/c21-17-16-14(13-7-6-8-23-12-13)11-15(24-20(16)27-18(17)19(22)26)25-9-4-2-1-3-5-10-25/h11,13,23H,1-10,12,21H2,(H2,22,26). The van der Waals surface area contributed by atoms with Crippen molar-refractivity contribution >= 4 is 39.0 Å². The number of thiophene rings is 1. The highest BCUT2D eigenvalue weighted by Crippen LogP contribution is 2.41. The van der Waals surface area contributed by atoms with Gasteiger partial charge in [-0.1, -0.05) is 19.3 Å². The molecule has 2 aromatic heterocycles. The molecule has 2 aliphatic heterocycles. The Kier molecular flexibility index (Phi) is 5.50. The molecule has 5 N–H and O–H groups in total. The second-order valence-corrected chi connectivity index (χ2v) is 8.76. The van der Waals surface area contributed by atoms with E-state index >= 15 is 0 Å². The van der Waals surface area contributed by atoms with Gasteiger partial charge in [0.05, 0.1) is 5.69 Å². The minimum absolute atomic E-state index is 0.399. The van der Waals surface area contributed by atoms with E-state index < -0.39 is 5.91 Å². The van der Waals surface area contributed by atoms with Gasteiger partial charge in [0.25, 0.3) is 5.91 Å². The van der Waals surface area contributed by atoms with E-state index in [2.05, 4.69) is 16.3 Å². The van der Waals surface area contributed by atoms with Crippen molar-refractivity contribution in [1.82, 2.24) is 10.3 Å². The van der Waals surface area contributed by atoms with E-state index in [4.69, 9.17) is 16.5 Å². The molecule has 7 heteroatoms. The van der Waals surface area contributed by atoms with Gasteiger partial charge >= 0.3 is 0 Å². The topological polar surface area (TPSA) is 97.3 Å². The van der Waals surface area contributed by atoms with Gasteiger partial charge in [0.1, 0.15) is 15.5 Å². The molecule has 1 unspecified atom stereocenters. The Morgan fingerprint density at radius 1 is 1.19 bits per heavy atom. The van der Waals surface area contributed by atoms with Crippen LogP contribution >= 0.6 is 11.3 Å². The second-order valence-electron chi connectivity index (χ2n) is 7.76. The first-order valence-corrected chi connectivity index (χ1v) is 10.9. The SMILES string of the molecule is NC(=O)c1sc2nc(N3CCCCCCC3)cc(C3CCCNC3)c2c1N. The first kappa shape index (κ1) is 18.5. The third-order valence-corrected chi connectivity index (χ3v) is 6.97. The average molecular weight is 388 g/mol. The fraction of sp³-hybridized carbons (Fsp3) is 0.600. The quantitative estimate of drug-likeness (QED) is 0.751. The molecule has 0 saturated carbocycles. The van der Waals surface area contributed by atoms with Gasteiger partial charge in [-0.25, -0.2) is 4.98 Å². The zero-order valence-electron chi connectivity index (χ0n) is 15.8. The normalized spacial score (nSPS) is 21.8. The van der Waals surface area contributed by atoms with Crippen LogP contribution in [0.15, 0.2) is 6.07 Å². The zero-order valence-corrected chi connectivity index (χ0v) is 16.6. The van der Waals surface area contributed by atoms with Gasteiger partial charge < -0.3 is 21.7 Å². The molecule has 27 heavy (non-hydrogen) atoms. The van der Waals surface area contributed by atoms with Crippen LogP contribution in [0.4, 0.5) is 11.5 Å². The number of anilines is 2. The molecule has 0 aromatic carbocycles. The molecule has 0 spiro atoms. The number of aromatic nitrogens is 1. The summed E-state index contributed by atoms with van der Waals surface area (Å²) in [5, 5.41) is 4.44. The van der Waals surface area contributed by atoms with Gasteiger partial charge in [-0.2, -0.15) is 0 Å². The molecule has 2 aromatic rings. The Labute approximate surface area is 164 Å². The smallest absolute Gasteiger partial charge is 0.260 e. The summed E-state index contributed by atoms with van der Waals surface area (Å²) in [6.07, 6.45) is 8.61. The van der Waals surface area contributed by atoms with Crippen LogP contribution in [0.25, 0.3) is 10.2 Å². The summed E-state index contributed by atoms with van der Waals surface area (Å²) in [5.74, 6) is 0.966. The van der Waals surface area contributed by atoms with Crippen LogP contribution in [0.2, 0.25) is 0 Å². The number of fused-ring (bicyclic) bond motifs is 1. The second kappa shape index (κ2) is 8.02.